The van der Waals surface area contributed by atoms with Crippen LogP contribution < -0.4 is 20.0 Å². The van der Waals surface area contributed by atoms with Crippen LogP contribution in [0.3, 0.4) is 0 Å². The first-order chi connectivity index (χ1) is 11.5. The molecular formula is C15H12N2O6S. The second-order valence-corrected chi connectivity index (χ2v) is 6.82. The summed E-state index contributed by atoms with van der Waals surface area (Å²) >= 11 is 0. The number of H-pyrrole nitrogens is 1. The molecule has 0 saturated heterocycles. The van der Waals surface area contributed by atoms with Gasteiger partial charge in [0.1, 0.15) is 13.2 Å². The maximum absolute atomic E-state index is 12.5. The molecule has 0 unspecified atom stereocenters. The Morgan fingerprint density at radius 3 is 2.62 bits per heavy atom. The Morgan fingerprint density at radius 2 is 1.79 bits per heavy atom. The number of ether oxygens (including phenoxy) is 2. The van der Waals surface area contributed by atoms with Crippen molar-refractivity contribution in [3.05, 3.63) is 46.9 Å². The quantitative estimate of drug-likeness (QED) is 0.745. The molecule has 2 aromatic carbocycles. The monoisotopic (exact) mass is 348 g/mol. The minimum absolute atomic E-state index is 0.0207. The number of anilines is 1. The molecule has 1 aliphatic heterocycles. The first kappa shape index (κ1) is 14.6. The summed E-state index contributed by atoms with van der Waals surface area (Å²) in [5.74, 6) is 0.410. The molecular weight excluding hydrogens is 336 g/mol. The van der Waals surface area contributed by atoms with E-state index in [2.05, 4.69) is 9.71 Å². The van der Waals surface area contributed by atoms with Gasteiger partial charge in [-0.3, -0.25) is 9.71 Å². The lowest BCUT2D eigenvalue weighted by Gasteiger charge is -2.19. The molecule has 0 spiro atoms. The van der Waals surface area contributed by atoms with Crippen molar-refractivity contribution in [3.63, 3.8) is 0 Å². The Kier molecular flexibility index (Phi) is 3.24. The number of sulfonamides is 1. The highest BCUT2D eigenvalue weighted by atomic mass is 32.2. The van der Waals surface area contributed by atoms with E-state index in [1.165, 1.54) is 18.2 Å². The van der Waals surface area contributed by atoms with Gasteiger partial charge in [0.25, 0.3) is 10.0 Å². The highest BCUT2D eigenvalue weighted by Crippen LogP contribution is 2.33. The molecule has 2 heterocycles. The topological polar surface area (TPSA) is 111 Å². The van der Waals surface area contributed by atoms with Crippen molar-refractivity contribution >= 4 is 26.8 Å². The summed E-state index contributed by atoms with van der Waals surface area (Å²) in [7, 11) is -3.84. The Balaban J connectivity index is 1.67. The largest absolute Gasteiger partial charge is 0.486 e. The van der Waals surface area contributed by atoms with E-state index < -0.39 is 15.8 Å². The first-order valence-corrected chi connectivity index (χ1v) is 8.55. The number of hydrogen-bond acceptors (Lipinski definition) is 6. The Hall–Kier alpha value is -2.94. The molecule has 0 radical (unpaired) electrons. The molecule has 1 aliphatic rings. The van der Waals surface area contributed by atoms with Crippen LogP contribution in [0.15, 0.2) is 50.5 Å². The Labute approximate surface area is 136 Å². The number of fused-ring (bicyclic) bond motifs is 2. The predicted octanol–water partition coefficient (Wildman–Crippen LogP) is 1.69. The van der Waals surface area contributed by atoms with Crippen LogP contribution in [0, 0.1) is 0 Å². The summed E-state index contributed by atoms with van der Waals surface area (Å²) in [5, 5.41) is 0. The van der Waals surface area contributed by atoms with Crippen molar-refractivity contribution in [2.24, 2.45) is 0 Å². The van der Waals surface area contributed by atoms with Crippen LogP contribution in [0.25, 0.3) is 11.1 Å². The number of rotatable bonds is 3. The molecule has 4 rings (SSSR count). The molecule has 0 bridgehead atoms. The second kappa shape index (κ2) is 5.31. The van der Waals surface area contributed by atoms with Crippen molar-refractivity contribution in [3.8, 4) is 11.5 Å². The van der Waals surface area contributed by atoms with E-state index in [0.29, 0.717) is 35.9 Å². The van der Waals surface area contributed by atoms with Gasteiger partial charge in [-0.2, -0.15) is 0 Å². The molecule has 0 saturated carbocycles. The summed E-state index contributed by atoms with van der Waals surface area (Å²) in [6.45, 7) is 0.867. The number of hydrogen-bond donors (Lipinski definition) is 2. The van der Waals surface area contributed by atoms with Crippen LogP contribution in [0.1, 0.15) is 0 Å². The number of aromatic amines is 1. The summed E-state index contributed by atoms with van der Waals surface area (Å²) in [6, 6.07) is 8.92. The van der Waals surface area contributed by atoms with Crippen LogP contribution >= 0.6 is 0 Å². The van der Waals surface area contributed by atoms with Gasteiger partial charge < -0.3 is 13.9 Å². The molecule has 0 amide bonds. The zero-order chi connectivity index (χ0) is 16.7. The fourth-order valence-corrected chi connectivity index (χ4v) is 3.48. The van der Waals surface area contributed by atoms with Gasteiger partial charge in [-0.25, -0.2) is 13.2 Å². The Morgan fingerprint density at radius 1 is 1.00 bits per heavy atom. The maximum atomic E-state index is 12.5. The number of nitrogens with one attached hydrogen (secondary N) is 2. The van der Waals surface area contributed by atoms with Crippen molar-refractivity contribution in [2.45, 2.75) is 4.90 Å². The van der Waals surface area contributed by atoms with E-state index in [0.717, 1.165) is 0 Å². The molecule has 8 nitrogen and oxygen atoms in total. The molecule has 3 aromatic rings. The van der Waals surface area contributed by atoms with Gasteiger partial charge in [0.15, 0.2) is 17.1 Å². The van der Waals surface area contributed by atoms with Crippen molar-refractivity contribution in [1.82, 2.24) is 4.98 Å². The molecule has 1 aromatic heterocycles. The average Bonchev–Trinajstić information content (AvgIpc) is 2.93. The predicted molar refractivity (Wildman–Crippen MR) is 85.1 cm³/mol. The SMILES string of the molecule is O=c1[nH]c2ccc(S(=O)(=O)Nc3ccc4c(c3)OCCO4)cc2o1. The van der Waals surface area contributed by atoms with Gasteiger partial charge in [-0.1, -0.05) is 0 Å². The lowest BCUT2D eigenvalue weighted by Crippen LogP contribution is -2.16. The zero-order valence-electron chi connectivity index (χ0n) is 12.2. The molecule has 2 N–H and O–H groups in total. The summed E-state index contributed by atoms with van der Waals surface area (Å²) in [4.78, 5) is 13.6. The van der Waals surface area contributed by atoms with Crippen LogP contribution in [0.4, 0.5) is 5.69 Å². The van der Waals surface area contributed by atoms with Crippen LogP contribution in [0.5, 0.6) is 11.5 Å². The highest BCUT2D eigenvalue weighted by molar-refractivity contribution is 7.92. The third-order valence-electron chi connectivity index (χ3n) is 3.50. The first-order valence-electron chi connectivity index (χ1n) is 7.07. The number of benzene rings is 2. The number of aromatic nitrogens is 1. The zero-order valence-corrected chi connectivity index (χ0v) is 13.1. The van der Waals surface area contributed by atoms with E-state index >= 15 is 0 Å². The number of oxazole rings is 1. The standard InChI is InChI=1S/C15H12N2O6S/c18-15-16-11-3-2-10(8-13(11)23-15)24(19,20)17-9-1-4-12-14(7-9)22-6-5-21-12/h1-4,7-8,17H,5-6H2,(H,16,18). The van der Waals surface area contributed by atoms with Gasteiger partial charge in [-0.05, 0) is 24.3 Å². The van der Waals surface area contributed by atoms with Gasteiger partial charge in [0.2, 0.25) is 0 Å². The van der Waals surface area contributed by atoms with Crippen LogP contribution in [-0.2, 0) is 10.0 Å². The second-order valence-electron chi connectivity index (χ2n) is 5.14. The van der Waals surface area contributed by atoms with Crippen LogP contribution in [0.2, 0.25) is 0 Å². The summed E-state index contributed by atoms with van der Waals surface area (Å²) in [5.41, 5.74) is 0.943. The average molecular weight is 348 g/mol. The summed E-state index contributed by atoms with van der Waals surface area (Å²) in [6.07, 6.45) is 0. The van der Waals surface area contributed by atoms with Crippen LogP contribution in [-0.4, -0.2) is 26.6 Å². The third kappa shape index (κ3) is 2.58. The van der Waals surface area contributed by atoms with E-state index in [1.807, 2.05) is 0 Å². The lowest BCUT2D eigenvalue weighted by atomic mass is 10.3. The van der Waals surface area contributed by atoms with Crippen molar-refractivity contribution in [1.29, 1.82) is 0 Å². The van der Waals surface area contributed by atoms with E-state index in [4.69, 9.17) is 13.9 Å². The molecule has 124 valence electrons. The van der Waals surface area contributed by atoms with E-state index in [-0.39, 0.29) is 10.5 Å². The molecule has 9 heteroatoms. The molecule has 0 fully saturated rings. The molecule has 0 aliphatic carbocycles. The minimum atomic E-state index is -3.84. The molecule has 0 atom stereocenters. The van der Waals surface area contributed by atoms with Gasteiger partial charge >= 0.3 is 5.76 Å². The smallest absolute Gasteiger partial charge is 0.417 e. The van der Waals surface area contributed by atoms with Gasteiger partial charge in [0, 0.05) is 12.1 Å². The van der Waals surface area contributed by atoms with Gasteiger partial charge in [-0.15, -0.1) is 0 Å². The highest BCUT2D eigenvalue weighted by Gasteiger charge is 2.18. The third-order valence-corrected chi connectivity index (χ3v) is 4.88. The fourth-order valence-electron chi connectivity index (χ4n) is 2.41. The van der Waals surface area contributed by atoms with Crippen molar-refractivity contribution in [2.75, 3.05) is 17.9 Å². The lowest BCUT2D eigenvalue weighted by molar-refractivity contribution is 0.171. The minimum Gasteiger partial charge on any atom is -0.486 e. The fraction of sp³-hybridized carbons (Fsp3) is 0.133. The Bertz CT molecular complexity index is 1080. The van der Waals surface area contributed by atoms with Crippen molar-refractivity contribution < 1.29 is 22.3 Å². The van der Waals surface area contributed by atoms with E-state index in [1.54, 1.807) is 18.2 Å². The summed E-state index contributed by atoms with van der Waals surface area (Å²) < 4.78 is 43.2. The maximum Gasteiger partial charge on any atom is 0.417 e. The van der Waals surface area contributed by atoms with E-state index in [9.17, 15) is 13.2 Å². The van der Waals surface area contributed by atoms with Gasteiger partial charge in [0.05, 0.1) is 16.1 Å². The molecule has 24 heavy (non-hydrogen) atoms. The normalized spacial score (nSPS) is 13.8.